The number of hydrogen-bond donors (Lipinski definition) is 1. The van der Waals surface area contributed by atoms with E-state index in [4.69, 9.17) is 10.5 Å². The van der Waals surface area contributed by atoms with E-state index in [0.29, 0.717) is 18.9 Å². The lowest BCUT2D eigenvalue weighted by Gasteiger charge is -2.12. The van der Waals surface area contributed by atoms with Crippen LogP contribution in [-0.2, 0) is 4.74 Å². The maximum absolute atomic E-state index is 11.7. The fraction of sp³-hybridized carbons (Fsp3) is 0.214. The molecule has 1 aliphatic heterocycles. The zero-order valence-corrected chi connectivity index (χ0v) is 10.8. The molecule has 2 aromatic rings. The van der Waals surface area contributed by atoms with Gasteiger partial charge in [0.25, 0.3) is 0 Å². The Balaban J connectivity index is 1.82. The van der Waals surface area contributed by atoms with E-state index in [2.05, 4.69) is 9.97 Å². The van der Waals surface area contributed by atoms with Crippen molar-refractivity contribution in [1.29, 1.82) is 0 Å². The van der Waals surface area contributed by atoms with Crippen LogP contribution in [0.1, 0.15) is 0 Å². The Morgan fingerprint density at radius 3 is 2.75 bits per heavy atom. The van der Waals surface area contributed by atoms with E-state index in [0.717, 1.165) is 11.1 Å². The van der Waals surface area contributed by atoms with Crippen LogP contribution in [-0.4, -0.2) is 35.3 Å². The minimum Gasteiger partial charge on any atom is -0.443 e. The third-order valence-electron chi connectivity index (χ3n) is 3.16. The lowest BCUT2D eigenvalue weighted by atomic mass is 10.1. The Bertz CT molecular complexity index is 600. The molecule has 1 saturated heterocycles. The van der Waals surface area contributed by atoms with Gasteiger partial charge in [-0.2, -0.15) is 0 Å². The molecule has 3 rings (SSSR count). The highest BCUT2D eigenvalue weighted by Gasteiger charge is 2.32. The maximum atomic E-state index is 11.7. The van der Waals surface area contributed by atoms with Crippen LogP contribution in [0.4, 0.5) is 10.6 Å². The Hall–Kier alpha value is -2.47. The smallest absolute Gasteiger partial charge is 0.415 e. The van der Waals surface area contributed by atoms with E-state index >= 15 is 0 Å². The first-order valence-corrected chi connectivity index (χ1v) is 6.32. The number of nitrogens with zero attached hydrogens (tertiary/aromatic N) is 3. The van der Waals surface area contributed by atoms with Gasteiger partial charge in [-0.25, -0.2) is 9.78 Å². The first kappa shape index (κ1) is 12.6. The van der Waals surface area contributed by atoms with Crippen LogP contribution in [0.15, 0.2) is 42.9 Å². The van der Waals surface area contributed by atoms with Gasteiger partial charge in [0.15, 0.2) is 0 Å². The zero-order valence-electron chi connectivity index (χ0n) is 10.8. The normalized spacial score (nSPS) is 18.1. The molecule has 1 atom stereocenters. The average molecular weight is 270 g/mol. The third-order valence-corrected chi connectivity index (χ3v) is 3.16. The van der Waals surface area contributed by atoms with Crippen molar-refractivity contribution < 1.29 is 9.53 Å². The van der Waals surface area contributed by atoms with Crippen molar-refractivity contribution in [3.8, 4) is 11.1 Å². The summed E-state index contributed by atoms with van der Waals surface area (Å²) in [6.45, 7) is 0.755. The number of aromatic nitrogens is 2. The van der Waals surface area contributed by atoms with Crippen molar-refractivity contribution in [2.45, 2.75) is 6.10 Å². The molecule has 2 N–H and O–H groups in total. The van der Waals surface area contributed by atoms with Crippen LogP contribution in [0.3, 0.4) is 0 Å². The number of pyridine rings is 2. The number of rotatable bonds is 3. The highest BCUT2D eigenvalue weighted by atomic mass is 16.6. The number of anilines is 1. The number of nitrogens with two attached hydrogens (primary N) is 1. The second-order valence-electron chi connectivity index (χ2n) is 4.50. The van der Waals surface area contributed by atoms with E-state index in [1.807, 2.05) is 18.2 Å². The molecule has 3 heterocycles. The first-order chi connectivity index (χ1) is 9.78. The van der Waals surface area contributed by atoms with Crippen molar-refractivity contribution in [1.82, 2.24) is 9.97 Å². The van der Waals surface area contributed by atoms with Gasteiger partial charge in [-0.1, -0.05) is 6.07 Å². The van der Waals surface area contributed by atoms with Crippen LogP contribution in [0, 0.1) is 0 Å². The second-order valence-corrected chi connectivity index (χ2v) is 4.50. The molecular formula is C14H14N4O2. The summed E-state index contributed by atoms with van der Waals surface area (Å²) in [5.41, 5.74) is 7.44. The summed E-state index contributed by atoms with van der Waals surface area (Å²) in [6, 6.07) is 7.52. The van der Waals surface area contributed by atoms with Gasteiger partial charge in [0.05, 0.1) is 6.54 Å². The molecular weight excluding hydrogens is 256 g/mol. The number of carbonyl (C=O) groups is 1. The van der Waals surface area contributed by atoms with E-state index in [1.165, 1.54) is 4.90 Å². The first-order valence-electron chi connectivity index (χ1n) is 6.32. The van der Waals surface area contributed by atoms with Gasteiger partial charge < -0.3 is 10.5 Å². The summed E-state index contributed by atoms with van der Waals surface area (Å²) < 4.78 is 5.10. The molecule has 0 saturated carbocycles. The largest absolute Gasteiger partial charge is 0.443 e. The molecule has 2 aromatic heterocycles. The number of amides is 1. The summed E-state index contributed by atoms with van der Waals surface area (Å²) in [7, 11) is 0. The van der Waals surface area contributed by atoms with Crippen LogP contribution in [0.5, 0.6) is 0 Å². The van der Waals surface area contributed by atoms with Crippen molar-refractivity contribution in [2.75, 3.05) is 18.0 Å². The van der Waals surface area contributed by atoms with E-state index < -0.39 is 6.09 Å². The van der Waals surface area contributed by atoms with Crippen molar-refractivity contribution in [3.63, 3.8) is 0 Å². The Kier molecular flexibility index (Phi) is 3.30. The number of ether oxygens (including phenoxy) is 1. The number of hydrogen-bond acceptors (Lipinski definition) is 5. The van der Waals surface area contributed by atoms with Crippen LogP contribution < -0.4 is 10.6 Å². The molecule has 0 bridgehead atoms. The number of cyclic esters (lactones) is 1. The van der Waals surface area contributed by atoms with Gasteiger partial charge in [0.2, 0.25) is 0 Å². The van der Waals surface area contributed by atoms with Crippen molar-refractivity contribution in [2.24, 2.45) is 5.73 Å². The lowest BCUT2D eigenvalue weighted by molar-refractivity contribution is 0.145. The van der Waals surface area contributed by atoms with Crippen LogP contribution in [0.25, 0.3) is 11.1 Å². The molecule has 0 aromatic carbocycles. The SMILES string of the molecule is NC[C@H]1CN(c2ccc(-c3cccnc3)cn2)C(=O)O1. The van der Waals surface area contributed by atoms with Gasteiger partial charge >= 0.3 is 6.09 Å². The Morgan fingerprint density at radius 1 is 1.30 bits per heavy atom. The summed E-state index contributed by atoms with van der Waals surface area (Å²) in [5, 5.41) is 0. The Morgan fingerprint density at radius 2 is 2.15 bits per heavy atom. The topological polar surface area (TPSA) is 81.3 Å². The zero-order chi connectivity index (χ0) is 13.9. The molecule has 1 amide bonds. The monoisotopic (exact) mass is 270 g/mol. The molecule has 6 heteroatoms. The fourth-order valence-electron chi connectivity index (χ4n) is 2.08. The fourth-order valence-corrected chi connectivity index (χ4v) is 2.08. The van der Waals surface area contributed by atoms with E-state index in [-0.39, 0.29) is 6.10 Å². The summed E-state index contributed by atoms with van der Waals surface area (Å²) in [6.07, 6.45) is 4.54. The van der Waals surface area contributed by atoms with Gasteiger partial charge in [-0.3, -0.25) is 9.88 Å². The molecule has 1 aliphatic rings. The molecule has 0 spiro atoms. The van der Waals surface area contributed by atoms with E-state index in [1.54, 1.807) is 24.7 Å². The highest BCUT2D eigenvalue weighted by Crippen LogP contribution is 2.23. The quantitative estimate of drug-likeness (QED) is 0.912. The minimum absolute atomic E-state index is 0.262. The number of carbonyl (C=O) groups excluding carboxylic acids is 1. The van der Waals surface area contributed by atoms with Crippen LogP contribution >= 0.6 is 0 Å². The van der Waals surface area contributed by atoms with Gasteiger partial charge in [-0.15, -0.1) is 0 Å². The predicted octanol–water partition coefficient (Wildman–Crippen LogP) is 1.43. The molecule has 0 unspecified atom stereocenters. The maximum Gasteiger partial charge on any atom is 0.415 e. The molecule has 20 heavy (non-hydrogen) atoms. The van der Waals surface area contributed by atoms with Gasteiger partial charge in [-0.05, 0) is 18.2 Å². The second kappa shape index (κ2) is 5.26. The van der Waals surface area contributed by atoms with Crippen molar-refractivity contribution in [3.05, 3.63) is 42.9 Å². The molecule has 1 fully saturated rings. The lowest BCUT2D eigenvalue weighted by Crippen LogP contribution is -2.27. The van der Waals surface area contributed by atoms with Gasteiger partial charge in [0, 0.05) is 36.3 Å². The highest BCUT2D eigenvalue weighted by molar-refractivity contribution is 5.88. The minimum atomic E-state index is -0.401. The average Bonchev–Trinajstić information content (AvgIpc) is 2.89. The third kappa shape index (κ3) is 2.33. The molecule has 0 radical (unpaired) electrons. The standard InChI is InChI=1S/C14H14N4O2/c15-6-12-9-18(14(19)20-12)13-4-3-11(8-17-13)10-2-1-5-16-7-10/h1-5,7-8,12H,6,9,15H2/t12-/m0/s1. The molecule has 6 nitrogen and oxygen atoms in total. The van der Waals surface area contributed by atoms with E-state index in [9.17, 15) is 4.79 Å². The van der Waals surface area contributed by atoms with Gasteiger partial charge in [0.1, 0.15) is 11.9 Å². The summed E-state index contributed by atoms with van der Waals surface area (Å²) in [4.78, 5) is 21.6. The Labute approximate surface area is 116 Å². The van der Waals surface area contributed by atoms with Crippen LogP contribution in [0.2, 0.25) is 0 Å². The molecule has 102 valence electrons. The summed E-state index contributed by atoms with van der Waals surface area (Å²) >= 11 is 0. The molecule has 0 aliphatic carbocycles. The summed E-state index contributed by atoms with van der Waals surface area (Å²) in [5.74, 6) is 0.568. The van der Waals surface area contributed by atoms with Crippen molar-refractivity contribution >= 4 is 11.9 Å². The predicted molar refractivity (Wildman–Crippen MR) is 74.1 cm³/mol.